The van der Waals surface area contributed by atoms with E-state index in [1.54, 1.807) is 0 Å². The van der Waals surface area contributed by atoms with E-state index in [0.29, 0.717) is 12.1 Å². The van der Waals surface area contributed by atoms with Crippen molar-refractivity contribution in [2.45, 2.75) is 71.5 Å². The molecule has 0 bridgehead atoms. The molecule has 3 nitrogen and oxygen atoms in total. The first kappa shape index (κ1) is 16.9. The van der Waals surface area contributed by atoms with E-state index in [2.05, 4.69) is 56.8 Å². The highest BCUT2D eigenvalue weighted by molar-refractivity contribution is 4.80. The normalized spacial score (nSPS) is 25.3. The number of hydrogen-bond acceptors (Lipinski definition) is 3. The SMILES string of the molecule is CC(CCCNC(C)(C)C)N1CCCN(C)CC1C. The van der Waals surface area contributed by atoms with E-state index in [4.69, 9.17) is 0 Å². The molecule has 1 N–H and O–H groups in total. The van der Waals surface area contributed by atoms with Crippen molar-refractivity contribution in [2.24, 2.45) is 0 Å². The summed E-state index contributed by atoms with van der Waals surface area (Å²) in [6, 6.07) is 1.40. The average molecular weight is 269 g/mol. The zero-order valence-electron chi connectivity index (χ0n) is 14.0. The molecule has 1 heterocycles. The van der Waals surface area contributed by atoms with Crippen molar-refractivity contribution in [3.63, 3.8) is 0 Å². The quantitative estimate of drug-likeness (QED) is 0.774. The van der Waals surface area contributed by atoms with Gasteiger partial charge in [0.25, 0.3) is 0 Å². The molecular formula is C16H35N3. The molecule has 0 aromatic carbocycles. The van der Waals surface area contributed by atoms with Crippen molar-refractivity contribution in [3.8, 4) is 0 Å². The van der Waals surface area contributed by atoms with Crippen LogP contribution in [0.25, 0.3) is 0 Å². The van der Waals surface area contributed by atoms with E-state index in [9.17, 15) is 0 Å². The molecule has 114 valence electrons. The van der Waals surface area contributed by atoms with Crippen LogP contribution in [0.4, 0.5) is 0 Å². The fourth-order valence-corrected chi connectivity index (χ4v) is 3.07. The van der Waals surface area contributed by atoms with Crippen LogP contribution in [0.1, 0.15) is 53.9 Å². The maximum atomic E-state index is 3.58. The molecule has 19 heavy (non-hydrogen) atoms. The van der Waals surface area contributed by atoms with E-state index >= 15 is 0 Å². The Balaban J connectivity index is 2.29. The molecule has 1 aliphatic rings. The van der Waals surface area contributed by atoms with Crippen molar-refractivity contribution >= 4 is 0 Å². The van der Waals surface area contributed by atoms with Gasteiger partial charge in [-0.3, -0.25) is 4.90 Å². The first-order chi connectivity index (χ1) is 8.79. The minimum atomic E-state index is 0.252. The van der Waals surface area contributed by atoms with Gasteiger partial charge in [0.15, 0.2) is 0 Å². The van der Waals surface area contributed by atoms with E-state index < -0.39 is 0 Å². The van der Waals surface area contributed by atoms with Crippen LogP contribution < -0.4 is 5.32 Å². The minimum absolute atomic E-state index is 0.252. The lowest BCUT2D eigenvalue weighted by Crippen LogP contribution is -2.43. The summed E-state index contributed by atoms with van der Waals surface area (Å²) in [4.78, 5) is 5.18. The van der Waals surface area contributed by atoms with Crippen LogP contribution in [0, 0.1) is 0 Å². The van der Waals surface area contributed by atoms with Crippen LogP contribution in [-0.4, -0.2) is 60.6 Å². The third-order valence-corrected chi connectivity index (χ3v) is 4.12. The highest BCUT2D eigenvalue weighted by Gasteiger charge is 2.23. The molecule has 0 spiro atoms. The van der Waals surface area contributed by atoms with Crippen LogP contribution in [0.2, 0.25) is 0 Å². The Labute approximate surface area is 120 Å². The van der Waals surface area contributed by atoms with Crippen molar-refractivity contribution in [2.75, 3.05) is 33.2 Å². The Bertz CT molecular complexity index is 247. The predicted molar refractivity (Wildman–Crippen MR) is 84.7 cm³/mol. The molecule has 1 fully saturated rings. The lowest BCUT2D eigenvalue weighted by atomic mass is 10.1. The van der Waals surface area contributed by atoms with Crippen LogP contribution in [0.15, 0.2) is 0 Å². The van der Waals surface area contributed by atoms with Crippen LogP contribution >= 0.6 is 0 Å². The molecule has 1 aliphatic heterocycles. The first-order valence-corrected chi connectivity index (χ1v) is 7.99. The molecule has 0 radical (unpaired) electrons. The van der Waals surface area contributed by atoms with Crippen LogP contribution in [0.5, 0.6) is 0 Å². The number of likely N-dealkylation sites (N-methyl/N-ethyl adjacent to an activating group) is 1. The predicted octanol–water partition coefficient (Wildman–Crippen LogP) is 2.57. The highest BCUT2D eigenvalue weighted by Crippen LogP contribution is 2.15. The van der Waals surface area contributed by atoms with Gasteiger partial charge in [-0.2, -0.15) is 0 Å². The zero-order valence-corrected chi connectivity index (χ0v) is 14.0. The second-order valence-electron chi connectivity index (χ2n) is 7.37. The monoisotopic (exact) mass is 269 g/mol. The molecule has 2 unspecified atom stereocenters. The molecule has 0 aromatic heterocycles. The maximum Gasteiger partial charge on any atom is 0.0197 e. The van der Waals surface area contributed by atoms with E-state index in [0.717, 1.165) is 6.54 Å². The van der Waals surface area contributed by atoms with Gasteiger partial charge >= 0.3 is 0 Å². The third-order valence-electron chi connectivity index (χ3n) is 4.12. The van der Waals surface area contributed by atoms with Crippen molar-refractivity contribution in [1.29, 1.82) is 0 Å². The Morgan fingerprint density at radius 1 is 1.26 bits per heavy atom. The van der Waals surface area contributed by atoms with E-state index in [-0.39, 0.29) is 5.54 Å². The largest absolute Gasteiger partial charge is 0.312 e. The highest BCUT2D eigenvalue weighted by atomic mass is 15.2. The average Bonchev–Trinajstić information content (AvgIpc) is 2.44. The molecule has 0 aromatic rings. The summed E-state index contributed by atoms with van der Waals surface area (Å²) in [6.45, 7) is 16.4. The maximum absolute atomic E-state index is 3.58. The fraction of sp³-hybridized carbons (Fsp3) is 1.00. The van der Waals surface area contributed by atoms with Gasteiger partial charge in [-0.1, -0.05) is 0 Å². The summed E-state index contributed by atoms with van der Waals surface area (Å²) in [6.07, 6.45) is 3.89. The third kappa shape index (κ3) is 6.73. The van der Waals surface area contributed by atoms with Gasteiger partial charge in [-0.25, -0.2) is 0 Å². The van der Waals surface area contributed by atoms with Gasteiger partial charge in [0, 0.05) is 24.2 Å². The molecular weight excluding hydrogens is 234 g/mol. The van der Waals surface area contributed by atoms with Gasteiger partial charge in [-0.05, 0) is 80.6 Å². The Morgan fingerprint density at radius 3 is 2.58 bits per heavy atom. The smallest absolute Gasteiger partial charge is 0.0197 e. The molecule has 1 saturated heterocycles. The number of nitrogens with one attached hydrogen (secondary N) is 1. The molecule has 3 heteroatoms. The second kappa shape index (κ2) is 7.61. The summed E-state index contributed by atoms with van der Waals surface area (Å²) in [5.41, 5.74) is 0.252. The second-order valence-corrected chi connectivity index (χ2v) is 7.37. The zero-order chi connectivity index (χ0) is 14.5. The van der Waals surface area contributed by atoms with Crippen molar-refractivity contribution in [1.82, 2.24) is 15.1 Å². The van der Waals surface area contributed by atoms with Gasteiger partial charge < -0.3 is 10.2 Å². The fourth-order valence-electron chi connectivity index (χ4n) is 3.07. The minimum Gasteiger partial charge on any atom is -0.312 e. The van der Waals surface area contributed by atoms with Crippen molar-refractivity contribution < 1.29 is 0 Å². The van der Waals surface area contributed by atoms with Gasteiger partial charge in [0.1, 0.15) is 0 Å². The standard InChI is InChI=1S/C16H35N3/c1-14(9-7-10-17-16(3,4)5)19-12-8-11-18(6)13-15(19)2/h14-15,17H,7-13H2,1-6H3. The molecule has 0 saturated carbocycles. The lowest BCUT2D eigenvalue weighted by molar-refractivity contribution is 0.143. The van der Waals surface area contributed by atoms with E-state index in [1.165, 1.54) is 38.9 Å². The number of rotatable bonds is 5. The van der Waals surface area contributed by atoms with Crippen LogP contribution in [-0.2, 0) is 0 Å². The molecule has 1 rings (SSSR count). The van der Waals surface area contributed by atoms with Gasteiger partial charge in [0.05, 0.1) is 0 Å². The molecule has 0 aliphatic carbocycles. The Hall–Kier alpha value is -0.120. The number of nitrogens with zero attached hydrogens (tertiary/aromatic N) is 2. The first-order valence-electron chi connectivity index (χ1n) is 7.99. The molecule has 0 amide bonds. The van der Waals surface area contributed by atoms with E-state index in [1.807, 2.05) is 0 Å². The topological polar surface area (TPSA) is 18.5 Å². The van der Waals surface area contributed by atoms with Gasteiger partial charge in [0.2, 0.25) is 0 Å². The summed E-state index contributed by atoms with van der Waals surface area (Å²) >= 11 is 0. The van der Waals surface area contributed by atoms with Crippen molar-refractivity contribution in [3.05, 3.63) is 0 Å². The summed E-state index contributed by atoms with van der Waals surface area (Å²) in [7, 11) is 2.25. The Morgan fingerprint density at radius 2 is 1.95 bits per heavy atom. The Kier molecular flexibility index (Phi) is 6.78. The van der Waals surface area contributed by atoms with Gasteiger partial charge in [-0.15, -0.1) is 0 Å². The number of hydrogen-bond donors (Lipinski definition) is 1. The summed E-state index contributed by atoms with van der Waals surface area (Å²) < 4.78 is 0. The van der Waals surface area contributed by atoms with Crippen LogP contribution in [0.3, 0.4) is 0 Å². The molecule has 2 atom stereocenters. The summed E-state index contributed by atoms with van der Waals surface area (Å²) in [5, 5.41) is 3.58. The lowest BCUT2D eigenvalue weighted by Gasteiger charge is -2.34. The summed E-state index contributed by atoms with van der Waals surface area (Å²) in [5.74, 6) is 0.